The molecular weight excluding hydrogens is 358 g/mol. The highest BCUT2D eigenvalue weighted by molar-refractivity contribution is 5.90. The molecule has 0 spiro atoms. The SMILES string of the molecule is COCCN1C(=O)C[C@@H](C(=O)NCc2cccnc2)[C@@H]1c1ccccc1OC. The van der Waals surface area contributed by atoms with Crippen LogP contribution in [0.1, 0.15) is 23.6 Å². The molecule has 28 heavy (non-hydrogen) atoms. The van der Waals surface area contributed by atoms with E-state index >= 15 is 0 Å². The molecule has 1 fully saturated rings. The Morgan fingerprint density at radius 1 is 1.25 bits per heavy atom. The lowest BCUT2D eigenvalue weighted by Gasteiger charge is -2.29. The van der Waals surface area contributed by atoms with Crippen LogP contribution in [0.3, 0.4) is 0 Å². The molecule has 1 aliphatic rings. The Balaban J connectivity index is 1.85. The van der Waals surface area contributed by atoms with Crippen molar-refractivity contribution in [3.63, 3.8) is 0 Å². The Hall–Kier alpha value is -2.93. The first-order valence-electron chi connectivity index (χ1n) is 9.23. The largest absolute Gasteiger partial charge is 0.496 e. The average molecular weight is 383 g/mol. The van der Waals surface area contributed by atoms with Crippen LogP contribution in [0.15, 0.2) is 48.8 Å². The fourth-order valence-corrected chi connectivity index (χ4v) is 3.60. The zero-order valence-corrected chi connectivity index (χ0v) is 16.1. The molecule has 1 aromatic carbocycles. The van der Waals surface area contributed by atoms with E-state index in [4.69, 9.17) is 9.47 Å². The average Bonchev–Trinajstić information content (AvgIpc) is 3.07. The van der Waals surface area contributed by atoms with Gasteiger partial charge >= 0.3 is 0 Å². The van der Waals surface area contributed by atoms with Crippen LogP contribution < -0.4 is 10.1 Å². The Morgan fingerprint density at radius 2 is 2.07 bits per heavy atom. The number of aromatic nitrogens is 1. The Labute approximate surface area is 164 Å². The Morgan fingerprint density at radius 3 is 2.79 bits per heavy atom. The summed E-state index contributed by atoms with van der Waals surface area (Å²) in [7, 11) is 3.18. The molecule has 0 saturated carbocycles. The minimum absolute atomic E-state index is 0.0607. The van der Waals surface area contributed by atoms with Crippen LogP contribution in [0.2, 0.25) is 0 Å². The van der Waals surface area contributed by atoms with Gasteiger partial charge in [-0.2, -0.15) is 0 Å². The molecule has 7 heteroatoms. The van der Waals surface area contributed by atoms with Crippen LogP contribution in [-0.4, -0.2) is 49.1 Å². The van der Waals surface area contributed by atoms with E-state index in [-0.39, 0.29) is 18.2 Å². The lowest BCUT2D eigenvalue weighted by Crippen LogP contribution is -2.36. The van der Waals surface area contributed by atoms with Gasteiger partial charge in [0.1, 0.15) is 5.75 Å². The van der Waals surface area contributed by atoms with Crippen LogP contribution in [0.5, 0.6) is 5.75 Å². The van der Waals surface area contributed by atoms with Gasteiger partial charge in [-0.05, 0) is 17.7 Å². The van der Waals surface area contributed by atoms with Crippen LogP contribution >= 0.6 is 0 Å². The molecule has 1 saturated heterocycles. The van der Waals surface area contributed by atoms with Gasteiger partial charge in [-0.1, -0.05) is 24.3 Å². The zero-order valence-electron chi connectivity index (χ0n) is 16.1. The lowest BCUT2D eigenvalue weighted by atomic mass is 9.92. The van der Waals surface area contributed by atoms with Gasteiger partial charge in [0.25, 0.3) is 0 Å². The molecule has 3 rings (SSSR count). The number of nitrogens with zero attached hydrogens (tertiary/aromatic N) is 2. The third kappa shape index (κ3) is 4.31. The number of amides is 2. The second-order valence-corrected chi connectivity index (χ2v) is 6.66. The van der Waals surface area contributed by atoms with E-state index in [1.807, 2.05) is 36.4 Å². The number of nitrogens with one attached hydrogen (secondary N) is 1. The number of hydrogen-bond acceptors (Lipinski definition) is 5. The van der Waals surface area contributed by atoms with E-state index in [0.717, 1.165) is 11.1 Å². The van der Waals surface area contributed by atoms with E-state index in [2.05, 4.69) is 10.3 Å². The summed E-state index contributed by atoms with van der Waals surface area (Å²) in [5, 5.41) is 2.95. The minimum atomic E-state index is -0.502. The number of methoxy groups -OCH3 is 2. The van der Waals surface area contributed by atoms with Crippen molar-refractivity contribution in [3.8, 4) is 5.75 Å². The minimum Gasteiger partial charge on any atom is -0.496 e. The summed E-state index contributed by atoms with van der Waals surface area (Å²) in [6, 6.07) is 10.8. The zero-order chi connectivity index (χ0) is 19.9. The molecule has 0 unspecified atom stereocenters. The van der Waals surface area contributed by atoms with Crippen LogP contribution in [0, 0.1) is 5.92 Å². The fraction of sp³-hybridized carbons (Fsp3) is 0.381. The molecule has 7 nitrogen and oxygen atoms in total. The van der Waals surface area contributed by atoms with E-state index in [0.29, 0.717) is 25.4 Å². The molecule has 2 atom stereocenters. The topological polar surface area (TPSA) is 80.8 Å². The fourth-order valence-electron chi connectivity index (χ4n) is 3.60. The molecule has 0 radical (unpaired) electrons. The highest BCUT2D eigenvalue weighted by atomic mass is 16.5. The van der Waals surface area contributed by atoms with E-state index < -0.39 is 12.0 Å². The van der Waals surface area contributed by atoms with E-state index in [1.165, 1.54) is 0 Å². The van der Waals surface area contributed by atoms with Gasteiger partial charge in [0.05, 0.1) is 25.7 Å². The molecule has 1 N–H and O–H groups in total. The molecular formula is C21H25N3O4. The number of hydrogen-bond donors (Lipinski definition) is 1. The van der Waals surface area contributed by atoms with Crippen LogP contribution in [0.25, 0.3) is 0 Å². The van der Waals surface area contributed by atoms with Gasteiger partial charge in [0, 0.05) is 44.6 Å². The predicted molar refractivity (Wildman–Crippen MR) is 104 cm³/mol. The number of rotatable bonds is 8. The number of benzene rings is 1. The maximum Gasteiger partial charge on any atom is 0.226 e. The number of likely N-dealkylation sites (tertiary alicyclic amines) is 1. The van der Waals surface area contributed by atoms with Gasteiger partial charge in [-0.25, -0.2) is 0 Å². The summed E-state index contributed by atoms with van der Waals surface area (Å²) in [5.74, 6) is -0.0606. The van der Waals surface area contributed by atoms with Crippen LogP contribution in [-0.2, 0) is 20.9 Å². The van der Waals surface area contributed by atoms with E-state index in [1.54, 1.807) is 31.5 Å². The maximum absolute atomic E-state index is 13.0. The van der Waals surface area contributed by atoms with Gasteiger partial charge < -0.3 is 19.7 Å². The first-order valence-corrected chi connectivity index (χ1v) is 9.23. The van der Waals surface area contributed by atoms with Gasteiger partial charge in [0.2, 0.25) is 11.8 Å². The Kier molecular flexibility index (Phi) is 6.60. The number of ether oxygens (including phenoxy) is 2. The first kappa shape index (κ1) is 19.8. The van der Waals surface area contributed by atoms with Gasteiger partial charge in [-0.3, -0.25) is 14.6 Å². The molecule has 1 aliphatic heterocycles. The number of pyridine rings is 1. The number of carbonyl (C=O) groups is 2. The first-order chi connectivity index (χ1) is 13.7. The number of para-hydroxylation sites is 1. The summed E-state index contributed by atoms with van der Waals surface area (Å²) >= 11 is 0. The highest BCUT2D eigenvalue weighted by Crippen LogP contribution is 2.41. The summed E-state index contributed by atoms with van der Waals surface area (Å²) < 4.78 is 10.7. The third-order valence-corrected chi connectivity index (χ3v) is 4.95. The predicted octanol–water partition coefficient (Wildman–Crippen LogP) is 1.94. The number of carbonyl (C=O) groups excluding carboxylic acids is 2. The molecule has 2 amide bonds. The van der Waals surface area contributed by atoms with Crippen molar-refractivity contribution >= 4 is 11.8 Å². The summed E-state index contributed by atoms with van der Waals surface area (Å²) in [6.07, 6.45) is 3.56. The van der Waals surface area contributed by atoms with Gasteiger partial charge in [-0.15, -0.1) is 0 Å². The second kappa shape index (κ2) is 9.32. The summed E-state index contributed by atoms with van der Waals surface area (Å²) in [4.78, 5) is 31.5. The molecule has 2 aromatic rings. The highest BCUT2D eigenvalue weighted by Gasteiger charge is 2.45. The van der Waals surface area contributed by atoms with Crippen molar-refractivity contribution < 1.29 is 19.1 Å². The second-order valence-electron chi connectivity index (χ2n) is 6.66. The molecule has 148 valence electrons. The van der Waals surface area contributed by atoms with Crippen molar-refractivity contribution in [2.45, 2.75) is 19.0 Å². The quantitative estimate of drug-likeness (QED) is 0.754. The molecule has 0 bridgehead atoms. The van der Waals surface area contributed by atoms with Crippen molar-refractivity contribution in [1.82, 2.24) is 15.2 Å². The smallest absolute Gasteiger partial charge is 0.226 e. The van der Waals surface area contributed by atoms with Crippen molar-refractivity contribution in [2.75, 3.05) is 27.4 Å². The molecule has 0 aliphatic carbocycles. The van der Waals surface area contributed by atoms with Crippen molar-refractivity contribution in [1.29, 1.82) is 0 Å². The van der Waals surface area contributed by atoms with Gasteiger partial charge in [0.15, 0.2) is 0 Å². The third-order valence-electron chi connectivity index (χ3n) is 4.95. The lowest BCUT2D eigenvalue weighted by molar-refractivity contribution is -0.129. The van der Waals surface area contributed by atoms with Crippen LogP contribution in [0.4, 0.5) is 0 Å². The molecule has 2 heterocycles. The van der Waals surface area contributed by atoms with Crippen molar-refractivity contribution in [3.05, 3.63) is 59.9 Å². The molecule has 1 aromatic heterocycles. The summed E-state index contributed by atoms with van der Waals surface area (Å²) in [5.41, 5.74) is 1.73. The Bertz CT molecular complexity index is 812. The van der Waals surface area contributed by atoms with Crippen molar-refractivity contribution in [2.24, 2.45) is 5.92 Å². The standard InChI is InChI=1S/C21H25N3O4/c1-27-11-10-24-19(25)12-17(20(24)16-7-3-4-8-18(16)28-2)21(26)23-14-15-6-5-9-22-13-15/h3-9,13,17,20H,10-12,14H2,1-2H3,(H,23,26)/t17-,20+/m1/s1. The normalized spacial score (nSPS) is 18.9. The summed E-state index contributed by atoms with van der Waals surface area (Å²) in [6.45, 7) is 1.19. The monoisotopic (exact) mass is 383 g/mol. The van der Waals surface area contributed by atoms with E-state index in [9.17, 15) is 9.59 Å². The maximum atomic E-state index is 13.0.